The van der Waals surface area contributed by atoms with Gasteiger partial charge in [-0.2, -0.15) is 0 Å². The van der Waals surface area contributed by atoms with Gasteiger partial charge in [0.05, 0.1) is 29.5 Å². The first-order valence-corrected chi connectivity index (χ1v) is 8.81. The molecule has 0 aromatic heterocycles. The summed E-state index contributed by atoms with van der Waals surface area (Å²) in [6, 6.07) is 0. The van der Waals surface area contributed by atoms with Crippen molar-refractivity contribution in [2.24, 2.45) is 11.3 Å². The first kappa shape index (κ1) is 20.5. The molecule has 0 aromatic rings. The van der Waals surface area contributed by atoms with Gasteiger partial charge in [0.2, 0.25) is 6.29 Å². The molecule has 2 fully saturated rings. The SMILES string of the molecule is CC1(O)CCC2C(C(=O)O)=COC(OC3OC(CO)C(O)C(O)C3O)C21C. The topological polar surface area (TPSA) is 166 Å². The molecule has 1 saturated carbocycles. The van der Waals surface area contributed by atoms with E-state index in [-0.39, 0.29) is 5.57 Å². The first-order valence-electron chi connectivity index (χ1n) is 8.81. The Kier molecular flexibility index (Phi) is 5.28. The van der Waals surface area contributed by atoms with Gasteiger partial charge in [0.15, 0.2) is 6.29 Å². The molecule has 10 nitrogen and oxygen atoms in total. The zero-order valence-corrected chi connectivity index (χ0v) is 15.1. The lowest BCUT2D eigenvalue weighted by molar-refractivity contribution is -0.359. The van der Waals surface area contributed by atoms with Crippen LogP contribution in [0.5, 0.6) is 0 Å². The molecule has 27 heavy (non-hydrogen) atoms. The molecule has 0 amide bonds. The average Bonchev–Trinajstić information content (AvgIpc) is 2.86. The Morgan fingerprint density at radius 1 is 1.26 bits per heavy atom. The van der Waals surface area contributed by atoms with Gasteiger partial charge >= 0.3 is 5.97 Å². The van der Waals surface area contributed by atoms with Gasteiger partial charge in [0, 0.05) is 5.92 Å². The molecule has 6 N–H and O–H groups in total. The lowest BCUT2D eigenvalue weighted by Crippen LogP contribution is -2.62. The van der Waals surface area contributed by atoms with Crippen LogP contribution in [0.25, 0.3) is 0 Å². The predicted molar refractivity (Wildman–Crippen MR) is 86.9 cm³/mol. The number of hydrogen-bond acceptors (Lipinski definition) is 9. The maximum atomic E-state index is 11.5. The van der Waals surface area contributed by atoms with E-state index in [4.69, 9.17) is 14.2 Å². The summed E-state index contributed by atoms with van der Waals surface area (Å²) in [7, 11) is 0. The summed E-state index contributed by atoms with van der Waals surface area (Å²) in [5, 5.41) is 59.6. The maximum absolute atomic E-state index is 11.5. The zero-order valence-electron chi connectivity index (χ0n) is 15.1. The molecule has 1 aliphatic carbocycles. The van der Waals surface area contributed by atoms with Gasteiger partial charge in [0.25, 0.3) is 0 Å². The van der Waals surface area contributed by atoms with Crippen molar-refractivity contribution in [2.75, 3.05) is 6.61 Å². The Balaban J connectivity index is 1.89. The van der Waals surface area contributed by atoms with E-state index in [1.807, 2.05) is 0 Å². The van der Waals surface area contributed by atoms with Crippen molar-refractivity contribution >= 4 is 5.97 Å². The minimum absolute atomic E-state index is 0.0175. The van der Waals surface area contributed by atoms with E-state index in [2.05, 4.69) is 0 Å². The van der Waals surface area contributed by atoms with E-state index < -0.39 is 66.5 Å². The van der Waals surface area contributed by atoms with E-state index in [9.17, 15) is 35.4 Å². The highest BCUT2D eigenvalue weighted by atomic mass is 16.8. The highest BCUT2D eigenvalue weighted by Crippen LogP contribution is 2.58. The highest BCUT2D eigenvalue weighted by molar-refractivity contribution is 5.87. The molecule has 10 heteroatoms. The zero-order chi connectivity index (χ0) is 20.1. The first-order chi connectivity index (χ1) is 12.5. The number of ether oxygens (including phenoxy) is 3. The minimum atomic E-state index is -1.63. The predicted octanol–water partition coefficient (Wildman–Crippen LogP) is -1.70. The third-order valence-electron chi connectivity index (χ3n) is 6.34. The fraction of sp³-hybridized carbons (Fsp3) is 0.824. The van der Waals surface area contributed by atoms with Crippen LogP contribution in [0, 0.1) is 11.3 Å². The van der Waals surface area contributed by atoms with E-state index in [1.54, 1.807) is 13.8 Å². The van der Waals surface area contributed by atoms with Crippen LogP contribution in [0.4, 0.5) is 0 Å². The molecule has 9 atom stereocenters. The summed E-state index contributed by atoms with van der Waals surface area (Å²) in [6.07, 6.45) is -6.82. The van der Waals surface area contributed by atoms with Gasteiger partial charge in [-0.25, -0.2) is 4.79 Å². The number of rotatable bonds is 4. The van der Waals surface area contributed by atoms with Gasteiger partial charge in [-0.05, 0) is 19.8 Å². The summed E-state index contributed by atoms with van der Waals surface area (Å²) in [5.41, 5.74) is -2.48. The molecule has 154 valence electrons. The number of fused-ring (bicyclic) bond motifs is 1. The van der Waals surface area contributed by atoms with Crippen molar-refractivity contribution in [3.8, 4) is 0 Å². The van der Waals surface area contributed by atoms with Crippen molar-refractivity contribution in [3.05, 3.63) is 11.8 Å². The van der Waals surface area contributed by atoms with Gasteiger partial charge < -0.3 is 44.8 Å². The van der Waals surface area contributed by atoms with Crippen LogP contribution >= 0.6 is 0 Å². The summed E-state index contributed by atoms with van der Waals surface area (Å²) in [6.45, 7) is 2.58. The van der Waals surface area contributed by atoms with Crippen molar-refractivity contribution in [2.45, 2.75) is 69.3 Å². The smallest absolute Gasteiger partial charge is 0.334 e. The minimum Gasteiger partial charge on any atom is -0.478 e. The lowest BCUT2D eigenvalue weighted by Gasteiger charge is -2.49. The number of carboxylic acid groups (broad SMARTS) is 1. The Labute approximate surface area is 155 Å². The van der Waals surface area contributed by atoms with Crippen molar-refractivity contribution in [3.63, 3.8) is 0 Å². The molecule has 0 radical (unpaired) electrons. The Hall–Kier alpha value is -1.27. The van der Waals surface area contributed by atoms with Crippen molar-refractivity contribution in [1.29, 1.82) is 0 Å². The second-order valence-electron chi connectivity index (χ2n) is 7.83. The van der Waals surface area contributed by atoms with Crippen molar-refractivity contribution in [1.82, 2.24) is 0 Å². The van der Waals surface area contributed by atoms with Crippen LogP contribution in [-0.2, 0) is 19.0 Å². The Morgan fingerprint density at radius 3 is 2.52 bits per heavy atom. The van der Waals surface area contributed by atoms with Crippen molar-refractivity contribution < 1.29 is 49.6 Å². The third kappa shape index (κ3) is 3.05. The molecule has 3 rings (SSSR count). The molecule has 9 unspecified atom stereocenters. The summed E-state index contributed by atoms with van der Waals surface area (Å²) in [4.78, 5) is 11.5. The quantitative estimate of drug-likeness (QED) is 0.325. The average molecular weight is 390 g/mol. The van der Waals surface area contributed by atoms with E-state index >= 15 is 0 Å². The molecule has 2 aliphatic heterocycles. The number of hydrogen-bond donors (Lipinski definition) is 6. The third-order valence-corrected chi connectivity index (χ3v) is 6.34. The van der Waals surface area contributed by atoms with Crippen LogP contribution in [-0.4, -0.2) is 85.8 Å². The maximum Gasteiger partial charge on any atom is 0.334 e. The molecular formula is C17H26O10. The van der Waals surface area contributed by atoms with Gasteiger partial charge in [-0.1, -0.05) is 6.92 Å². The number of aliphatic hydroxyl groups excluding tert-OH is 4. The number of aliphatic hydroxyl groups is 5. The Bertz CT molecular complexity index is 617. The summed E-state index contributed by atoms with van der Waals surface area (Å²) in [5.74, 6) is -1.72. The second-order valence-corrected chi connectivity index (χ2v) is 7.83. The second kappa shape index (κ2) is 6.96. The van der Waals surface area contributed by atoms with Crippen LogP contribution in [0.1, 0.15) is 26.7 Å². The van der Waals surface area contributed by atoms with E-state index in [0.717, 1.165) is 6.26 Å². The molecule has 0 aromatic carbocycles. The van der Waals surface area contributed by atoms with E-state index in [1.165, 1.54) is 0 Å². The van der Waals surface area contributed by atoms with Crippen LogP contribution < -0.4 is 0 Å². The van der Waals surface area contributed by atoms with Gasteiger partial charge in [-0.15, -0.1) is 0 Å². The fourth-order valence-corrected chi connectivity index (χ4v) is 4.30. The molecule has 3 aliphatic rings. The number of carbonyl (C=O) groups is 1. The van der Waals surface area contributed by atoms with Crippen LogP contribution in [0.15, 0.2) is 11.8 Å². The van der Waals surface area contributed by atoms with Gasteiger partial charge in [-0.3, -0.25) is 0 Å². The molecular weight excluding hydrogens is 364 g/mol. The summed E-state index contributed by atoms with van der Waals surface area (Å²) >= 11 is 0. The normalized spacial score (nSPS) is 49.9. The lowest BCUT2D eigenvalue weighted by atomic mass is 9.67. The van der Waals surface area contributed by atoms with Crippen LogP contribution in [0.3, 0.4) is 0 Å². The standard InChI is InChI=1S/C17H26O10/c1-16(24)4-3-8-7(13(22)23)6-25-15(17(8,16)2)27-14-12(21)11(20)10(19)9(5-18)26-14/h6,8-12,14-15,18-21,24H,3-5H2,1-2H3,(H,22,23). The number of carboxylic acids is 1. The highest BCUT2D eigenvalue weighted by Gasteiger charge is 2.64. The monoisotopic (exact) mass is 390 g/mol. The summed E-state index contributed by atoms with van der Waals surface area (Å²) < 4.78 is 16.5. The number of aliphatic carboxylic acids is 1. The molecule has 0 bridgehead atoms. The molecule has 1 saturated heterocycles. The largest absolute Gasteiger partial charge is 0.478 e. The fourth-order valence-electron chi connectivity index (χ4n) is 4.30. The van der Waals surface area contributed by atoms with Crippen LogP contribution in [0.2, 0.25) is 0 Å². The molecule has 2 heterocycles. The van der Waals surface area contributed by atoms with E-state index in [0.29, 0.717) is 12.8 Å². The van der Waals surface area contributed by atoms with Gasteiger partial charge in [0.1, 0.15) is 24.4 Å². The Morgan fingerprint density at radius 2 is 1.93 bits per heavy atom. The molecule has 0 spiro atoms.